The predicted molar refractivity (Wildman–Crippen MR) is 250 cm³/mol. The second-order valence-corrected chi connectivity index (χ2v) is 16.2. The van der Waals surface area contributed by atoms with Gasteiger partial charge in [-0.15, -0.1) is 0 Å². The van der Waals surface area contributed by atoms with E-state index < -0.39 is 0 Å². The Kier molecular flexibility index (Phi) is 10.4. The van der Waals surface area contributed by atoms with E-state index in [-0.39, 0.29) is 5.41 Å². The number of hydrogen-bond donors (Lipinski definition) is 0. The fourth-order valence-electron chi connectivity index (χ4n) is 9.23. The zero-order valence-electron chi connectivity index (χ0n) is 34.9. The van der Waals surface area contributed by atoms with Crippen LogP contribution in [0.15, 0.2) is 172 Å². The lowest BCUT2D eigenvalue weighted by Crippen LogP contribution is -2.15. The molecule has 1 nitrogen and oxygen atoms in total. The molecule has 0 bridgehead atoms. The molecule has 0 saturated heterocycles. The summed E-state index contributed by atoms with van der Waals surface area (Å²) in [6, 6.07) is 35.5. The monoisotopic (exact) mass is 742 g/mol. The zero-order chi connectivity index (χ0) is 39.8. The molecule has 0 fully saturated rings. The molecule has 7 aromatic rings. The van der Waals surface area contributed by atoms with Crippen molar-refractivity contribution in [3.63, 3.8) is 0 Å². The van der Waals surface area contributed by atoms with Gasteiger partial charge in [-0.1, -0.05) is 173 Å². The van der Waals surface area contributed by atoms with E-state index in [1.54, 1.807) is 0 Å². The molecule has 57 heavy (non-hydrogen) atoms. The maximum Gasteiger partial charge on any atom is 0.140 e. The molecule has 1 aliphatic carbocycles. The number of benzene rings is 6. The van der Waals surface area contributed by atoms with E-state index in [0.717, 1.165) is 30.4 Å². The average molecular weight is 743 g/mol. The average Bonchev–Trinajstić information content (AvgIpc) is 3.75. The second-order valence-electron chi connectivity index (χ2n) is 16.2. The molecule has 6 aromatic carbocycles. The van der Waals surface area contributed by atoms with Crippen LogP contribution in [0.5, 0.6) is 0 Å². The minimum absolute atomic E-state index is 0.198. The van der Waals surface area contributed by atoms with E-state index >= 15 is 0 Å². The Hall–Kier alpha value is -5.92. The van der Waals surface area contributed by atoms with Gasteiger partial charge in [0.25, 0.3) is 0 Å². The predicted octanol–water partition coefficient (Wildman–Crippen LogP) is 16.5. The topological polar surface area (TPSA) is 13.1 Å². The highest BCUT2D eigenvalue weighted by Gasteiger charge is 2.39. The van der Waals surface area contributed by atoms with Crippen molar-refractivity contribution in [2.45, 2.75) is 80.1 Å². The van der Waals surface area contributed by atoms with Crippen molar-refractivity contribution in [2.24, 2.45) is 0 Å². The third-order valence-electron chi connectivity index (χ3n) is 12.5. The van der Waals surface area contributed by atoms with Crippen LogP contribution in [0, 0.1) is 0 Å². The number of hydrogen-bond acceptors (Lipinski definition) is 1. The van der Waals surface area contributed by atoms with Gasteiger partial charge in [0.05, 0.1) is 0 Å². The Morgan fingerprint density at radius 2 is 1.21 bits per heavy atom. The summed E-state index contributed by atoms with van der Waals surface area (Å²) in [6.45, 7) is 18.0. The van der Waals surface area contributed by atoms with Crippen LogP contribution in [-0.2, 0) is 11.8 Å². The first-order chi connectivity index (χ1) is 27.7. The Bertz CT molecular complexity index is 2880. The molecule has 284 valence electrons. The van der Waals surface area contributed by atoms with Gasteiger partial charge in [0.15, 0.2) is 0 Å². The van der Waals surface area contributed by atoms with Gasteiger partial charge in [-0.05, 0) is 130 Å². The number of furan rings is 1. The van der Waals surface area contributed by atoms with Gasteiger partial charge in [-0.2, -0.15) is 0 Å². The van der Waals surface area contributed by atoms with Gasteiger partial charge in [-0.3, -0.25) is 0 Å². The minimum Gasteiger partial charge on any atom is -0.456 e. The molecule has 1 aliphatic rings. The van der Waals surface area contributed by atoms with Crippen LogP contribution in [0.3, 0.4) is 0 Å². The van der Waals surface area contributed by atoms with Crippen molar-refractivity contribution < 1.29 is 4.42 Å². The molecule has 8 rings (SSSR count). The van der Waals surface area contributed by atoms with Crippen molar-refractivity contribution in [3.05, 3.63) is 190 Å². The number of para-hydroxylation sites is 1. The molecular weight excluding hydrogens is 689 g/mol. The molecule has 0 aliphatic heterocycles. The van der Waals surface area contributed by atoms with E-state index in [1.165, 1.54) is 98.8 Å². The number of rotatable bonds is 9. The third-order valence-corrected chi connectivity index (χ3v) is 12.5. The number of fused-ring (bicyclic) bond motifs is 10. The minimum atomic E-state index is -0.198. The maximum atomic E-state index is 6.75. The molecule has 0 unspecified atom stereocenters. The summed E-state index contributed by atoms with van der Waals surface area (Å²) in [5, 5.41) is 10.2. The summed E-state index contributed by atoms with van der Waals surface area (Å²) in [5.41, 5.74) is 15.1. The fraction of sp³-hybridized carbons (Fsp3) is 0.214. The summed E-state index contributed by atoms with van der Waals surface area (Å²) in [7, 11) is 0. The van der Waals surface area contributed by atoms with E-state index in [4.69, 9.17) is 4.42 Å². The molecule has 0 saturated carbocycles. The molecule has 1 heteroatoms. The SMILES string of the molecule is C\C=C/C=C(C)/C(C)=C/C(=C/C=C(\C)c1c2ccccc2c(/C(=C/C=C2\Cc3c(c4oc5ccccc5c4c4ccccc34)C2(C)C)CC)c2ccccc12)CC. The lowest BCUT2D eigenvalue weighted by Gasteiger charge is -2.23. The molecule has 0 N–H and O–H groups in total. The molecule has 1 aromatic heterocycles. The van der Waals surface area contributed by atoms with Gasteiger partial charge in [0.1, 0.15) is 11.2 Å². The van der Waals surface area contributed by atoms with Crippen LogP contribution >= 0.6 is 0 Å². The third kappa shape index (κ3) is 6.64. The van der Waals surface area contributed by atoms with Crippen LogP contribution in [-0.4, -0.2) is 0 Å². The Labute approximate surface area is 338 Å². The van der Waals surface area contributed by atoms with Gasteiger partial charge in [0, 0.05) is 21.8 Å². The highest BCUT2D eigenvalue weighted by molar-refractivity contribution is 6.21. The van der Waals surface area contributed by atoms with Gasteiger partial charge < -0.3 is 4.42 Å². The first kappa shape index (κ1) is 38.0. The lowest BCUT2D eigenvalue weighted by molar-refractivity contribution is 0.613. The molecule has 0 atom stereocenters. The van der Waals surface area contributed by atoms with E-state index in [1.807, 2.05) is 0 Å². The van der Waals surface area contributed by atoms with Crippen LogP contribution in [0.4, 0.5) is 0 Å². The second kappa shape index (κ2) is 15.5. The van der Waals surface area contributed by atoms with E-state index in [9.17, 15) is 0 Å². The highest BCUT2D eigenvalue weighted by Crippen LogP contribution is 2.52. The summed E-state index contributed by atoms with van der Waals surface area (Å²) in [5.74, 6) is 0. The summed E-state index contributed by atoms with van der Waals surface area (Å²) >= 11 is 0. The van der Waals surface area contributed by atoms with E-state index in [0.29, 0.717) is 0 Å². The fourth-order valence-corrected chi connectivity index (χ4v) is 9.23. The summed E-state index contributed by atoms with van der Waals surface area (Å²) < 4.78 is 6.75. The quantitative estimate of drug-likeness (QED) is 0.106. The standard InChI is InChI=1S/C56H54O/c1-9-12-21-36(4)38(6)34-39(10-2)31-30-37(5)51-44-24-15-17-26-46(44)52(47-27-18-16-25-45(47)51)40(11-3)32-33-41-35-49-42-22-13-14-23-43(42)53-48-28-19-20-29-50(48)57-55(53)54(49)56(41,7)8/h9,12-34H,10-11,35H2,1-8H3/b12-9-,36-21+,37-30+,38-34+,39-31+,40-32+,41-33+. The maximum absolute atomic E-state index is 6.75. The summed E-state index contributed by atoms with van der Waals surface area (Å²) in [4.78, 5) is 0. The van der Waals surface area contributed by atoms with Gasteiger partial charge in [0.2, 0.25) is 0 Å². The first-order valence-corrected chi connectivity index (χ1v) is 20.7. The zero-order valence-corrected chi connectivity index (χ0v) is 34.9. The van der Waals surface area contributed by atoms with Crippen molar-refractivity contribution in [1.29, 1.82) is 0 Å². The van der Waals surface area contributed by atoms with Crippen LogP contribution in [0.2, 0.25) is 0 Å². The molecular formula is C56H54O. The van der Waals surface area contributed by atoms with Crippen molar-refractivity contribution in [3.8, 4) is 0 Å². The van der Waals surface area contributed by atoms with Gasteiger partial charge in [-0.25, -0.2) is 0 Å². The lowest BCUT2D eigenvalue weighted by atomic mass is 9.80. The van der Waals surface area contributed by atoms with Crippen molar-refractivity contribution in [2.75, 3.05) is 0 Å². The Morgan fingerprint density at radius 3 is 1.82 bits per heavy atom. The smallest absolute Gasteiger partial charge is 0.140 e. The van der Waals surface area contributed by atoms with Crippen LogP contribution < -0.4 is 0 Å². The Balaban J connectivity index is 1.26. The summed E-state index contributed by atoms with van der Waals surface area (Å²) in [6.07, 6.45) is 21.0. The molecule has 0 spiro atoms. The van der Waals surface area contributed by atoms with Crippen molar-refractivity contribution in [1.82, 2.24) is 0 Å². The Morgan fingerprint density at radius 1 is 0.632 bits per heavy atom. The van der Waals surface area contributed by atoms with Gasteiger partial charge >= 0.3 is 0 Å². The largest absolute Gasteiger partial charge is 0.456 e. The van der Waals surface area contributed by atoms with Crippen molar-refractivity contribution >= 4 is 65.4 Å². The molecule has 0 radical (unpaired) electrons. The number of allylic oxidation sites excluding steroid dienone is 14. The van der Waals surface area contributed by atoms with E-state index in [2.05, 4.69) is 201 Å². The highest BCUT2D eigenvalue weighted by atomic mass is 16.3. The molecule has 1 heterocycles. The van der Waals surface area contributed by atoms with Crippen LogP contribution in [0.25, 0.3) is 65.4 Å². The normalized spacial score (nSPS) is 16.4. The first-order valence-electron chi connectivity index (χ1n) is 20.7. The molecule has 0 amide bonds. The van der Waals surface area contributed by atoms with Crippen LogP contribution in [0.1, 0.15) is 90.5 Å².